The first-order valence-electron chi connectivity index (χ1n) is 9.71. The van der Waals surface area contributed by atoms with Gasteiger partial charge in [-0.15, -0.1) is 0 Å². The van der Waals surface area contributed by atoms with E-state index in [0.717, 1.165) is 22.2 Å². The maximum Gasteiger partial charge on any atom is 0.250 e. The number of aryl methyl sites for hydroxylation is 1. The summed E-state index contributed by atoms with van der Waals surface area (Å²) in [6, 6.07) is 16.6. The molecule has 0 unspecified atom stereocenters. The Balaban J connectivity index is 1.87. The first kappa shape index (κ1) is 19.7. The number of hydrogen-bond acceptors (Lipinski definition) is 5. The molecule has 7 nitrogen and oxygen atoms in total. The first-order chi connectivity index (χ1) is 15.5. The number of primary amides is 1. The molecule has 32 heavy (non-hydrogen) atoms. The molecule has 3 heterocycles. The number of pyridine rings is 2. The van der Waals surface area contributed by atoms with Crippen molar-refractivity contribution < 1.29 is 4.79 Å². The van der Waals surface area contributed by atoms with E-state index in [4.69, 9.17) is 17.3 Å². The van der Waals surface area contributed by atoms with Crippen LogP contribution in [0.2, 0.25) is 5.02 Å². The zero-order valence-electron chi connectivity index (χ0n) is 16.9. The standard InChI is InChI=1S/C24H15ClN6O/c1-13-30-23-18(24(27)32)10-15(14-5-7-28-16(9-14)12-26)11-21(23)31(13)20-6-8-29-22-17(20)3-2-4-19(22)25/h2-11H,1H3,(H2,27,32). The Morgan fingerprint density at radius 2 is 1.88 bits per heavy atom. The van der Waals surface area contributed by atoms with Gasteiger partial charge in [-0.25, -0.2) is 9.97 Å². The Hall–Kier alpha value is -4.28. The van der Waals surface area contributed by atoms with E-state index in [-0.39, 0.29) is 5.69 Å². The van der Waals surface area contributed by atoms with Gasteiger partial charge in [0, 0.05) is 17.8 Å². The van der Waals surface area contributed by atoms with E-state index in [1.807, 2.05) is 41.8 Å². The number of carbonyl (C=O) groups excluding carboxylic acids is 1. The molecule has 0 saturated carbocycles. The zero-order valence-corrected chi connectivity index (χ0v) is 17.6. The summed E-state index contributed by atoms with van der Waals surface area (Å²) < 4.78 is 1.96. The quantitative estimate of drug-likeness (QED) is 0.443. The number of para-hydroxylation sites is 1. The lowest BCUT2D eigenvalue weighted by Gasteiger charge is -2.12. The second-order valence-corrected chi connectivity index (χ2v) is 7.67. The number of imidazole rings is 1. The van der Waals surface area contributed by atoms with E-state index < -0.39 is 5.91 Å². The van der Waals surface area contributed by atoms with E-state index in [1.54, 1.807) is 36.7 Å². The highest BCUT2D eigenvalue weighted by Crippen LogP contribution is 2.33. The van der Waals surface area contributed by atoms with Crippen LogP contribution in [0.4, 0.5) is 0 Å². The molecule has 5 aromatic rings. The summed E-state index contributed by atoms with van der Waals surface area (Å²) in [7, 11) is 0. The minimum atomic E-state index is -0.585. The lowest BCUT2D eigenvalue weighted by molar-refractivity contribution is 0.100. The predicted octanol–water partition coefficient (Wildman–Crippen LogP) is 4.57. The summed E-state index contributed by atoms with van der Waals surface area (Å²) in [5.74, 6) is 0.0956. The van der Waals surface area contributed by atoms with Crippen molar-refractivity contribution in [3.63, 3.8) is 0 Å². The van der Waals surface area contributed by atoms with Gasteiger partial charge in [-0.2, -0.15) is 5.26 Å². The van der Waals surface area contributed by atoms with Crippen LogP contribution in [0.25, 0.3) is 38.8 Å². The van der Waals surface area contributed by atoms with Gasteiger partial charge in [0.15, 0.2) is 0 Å². The molecule has 0 aliphatic carbocycles. The minimum absolute atomic E-state index is 0.280. The number of amides is 1. The van der Waals surface area contributed by atoms with Crippen LogP contribution in [0.3, 0.4) is 0 Å². The van der Waals surface area contributed by atoms with Crippen molar-refractivity contribution in [2.75, 3.05) is 0 Å². The number of halogens is 1. The monoisotopic (exact) mass is 438 g/mol. The van der Waals surface area contributed by atoms with Gasteiger partial charge < -0.3 is 5.73 Å². The number of aromatic nitrogens is 4. The third kappa shape index (κ3) is 3.06. The van der Waals surface area contributed by atoms with Crippen molar-refractivity contribution in [2.24, 2.45) is 5.73 Å². The molecule has 3 aromatic heterocycles. The molecule has 8 heteroatoms. The largest absolute Gasteiger partial charge is 0.366 e. The van der Waals surface area contributed by atoms with E-state index in [0.29, 0.717) is 33.0 Å². The van der Waals surface area contributed by atoms with Crippen molar-refractivity contribution in [3.8, 4) is 22.9 Å². The van der Waals surface area contributed by atoms with Crippen molar-refractivity contribution in [1.29, 1.82) is 5.26 Å². The summed E-state index contributed by atoms with van der Waals surface area (Å²) in [5, 5.41) is 10.6. The number of nitrogens with two attached hydrogens (primary N) is 1. The van der Waals surface area contributed by atoms with Gasteiger partial charge in [0.2, 0.25) is 0 Å². The highest BCUT2D eigenvalue weighted by atomic mass is 35.5. The molecule has 0 saturated heterocycles. The maximum absolute atomic E-state index is 12.3. The molecule has 0 radical (unpaired) electrons. The second kappa shape index (κ2) is 7.45. The normalized spacial score (nSPS) is 11.0. The maximum atomic E-state index is 12.3. The van der Waals surface area contributed by atoms with Crippen LogP contribution in [0.1, 0.15) is 21.9 Å². The number of fused-ring (bicyclic) bond motifs is 2. The van der Waals surface area contributed by atoms with Gasteiger partial charge in [-0.3, -0.25) is 14.3 Å². The number of benzene rings is 2. The summed E-state index contributed by atoms with van der Waals surface area (Å²) >= 11 is 6.37. The fraction of sp³-hybridized carbons (Fsp3) is 0.0417. The van der Waals surface area contributed by atoms with Crippen molar-refractivity contribution in [3.05, 3.63) is 83.0 Å². The highest BCUT2D eigenvalue weighted by molar-refractivity contribution is 6.35. The first-order valence-corrected chi connectivity index (χ1v) is 10.1. The molecule has 2 N–H and O–H groups in total. The molecular formula is C24H15ClN6O. The van der Waals surface area contributed by atoms with Crippen LogP contribution in [-0.4, -0.2) is 25.4 Å². The number of carbonyl (C=O) groups is 1. The number of nitriles is 1. The van der Waals surface area contributed by atoms with Gasteiger partial charge in [-0.05, 0) is 54.4 Å². The topological polar surface area (TPSA) is 110 Å². The smallest absolute Gasteiger partial charge is 0.250 e. The van der Waals surface area contributed by atoms with E-state index in [2.05, 4.69) is 15.0 Å². The molecule has 5 rings (SSSR count). The van der Waals surface area contributed by atoms with Crippen LogP contribution in [0.5, 0.6) is 0 Å². The number of nitrogens with zero attached hydrogens (tertiary/aromatic N) is 5. The molecule has 0 atom stereocenters. The van der Waals surface area contributed by atoms with Crippen LogP contribution >= 0.6 is 11.6 Å². The van der Waals surface area contributed by atoms with Crippen molar-refractivity contribution in [2.45, 2.75) is 6.92 Å². The molecule has 2 aromatic carbocycles. The van der Waals surface area contributed by atoms with Crippen LogP contribution in [0, 0.1) is 18.3 Å². The second-order valence-electron chi connectivity index (χ2n) is 7.26. The average molecular weight is 439 g/mol. The number of hydrogen-bond donors (Lipinski definition) is 1. The molecule has 0 bridgehead atoms. The third-order valence-corrected chi connectivity index (χ3v) is 5.65. The van der Waals surface area contributed by atoms with Gasteiger partial charge in [-0.1, -0.05) is 23.7 Å². The fourth-order valence-electron chi connectivity index (χ4n) is 3.94. The van der Waals surface area contributed by atoms with E-state index in [9.17, 15) is 10.1 Å². The van der Waals surface area contributed by atoms with E-state index in [1.165, 1.54) is 0 Å². The van der Waals surface area contributed by atoms with Crippen LogP contribution in [-0.2, 0) is 0 Å². The van der Waals surface area contributed by atoms with Crippen molar-refractivity contribution >= 4 is 39.4 Å². The molecular weight excluding hydrogens is 424 g/mol. The molecule has 1 amide bonds. The van der Waals surface area contributed by atoms with Crippen LogP contribution < -0.4 is 5.73 Å². The predicted molar refractivity (Wildman–Crippen MR) is 123 cm³/mol. The molecule has 0 spiro atoms. The molecule has 0 aliphatic heterocycles. The molecule has 154 valence electrons. The fourth-order valence-corrected chi connectivity index (χ4v) is 4.17. The van der Waals surface area contributed by atoms with Crippen molar-refractivity contribution in [1.82, 2.24) is 19.5 Å². The zero-order chi connectivity index (χ0) is 22.4. The summed E-state index contributed by atoms with van der Waals surface area (Å²) in [6.07, 6.45) is 3.25. The van der Waals surface area contributed by atoms with Crippen LogP contribution in [0.15, 0.2) is 60.9 Å². The third-order valence-electron chi connectivity index (χ3n) is 5.34. The summed E-state index contributed by atoms with van der Waals surface area (Å²) in [4.78, 5) is 25.4. The van der Waals surface area contributed by atoms with Gasteiger partial charge in [0.1, 0.15) is 23.1 Å². The number of rotatable bonds is 3. The Morgan fingerprint density at radius 1 is 1.06 bits per heavy atom. The Labute approximate surface area is 187 Å². The highest BCUT2D eigenvalue weighted by Gasteiger charge is 2.19. The SMILES string of the molecule is Cc1nc2c(C(N)=O)cc(-c3ccnc(C#N)c3)cc2n1-c1ccnc2c(Cl)cccc12. The average Bonchev–Trinajstić information content (AvgIpc) is 3.13. The summed E-state index contributed by atoms with van der Waals surface area (Å²) in [6.45, 7) is 1.86. The van der Waals surface area contributed by atoms with Gasteiger partial charge in [0.25, 0.3) is 5.91 Å². The minimum Gasteiger partial charge on any atom is -0.366 e. The Kier molecular flexibility index (Phi) is 4.58. The molecule has 0 fully saturated rings. The Morgan fingerprint density at radius 3 is 2.66 bits per heavy atom. The van der Waals surface area contributed by atoms with E-state index >= 15 is 0 Å². The lowest BCUT2D eigenvalue weighted by Crippen LogP contribution is -2.12. The van der Waals surface area contributed by atoms with Gasteiger partial charge in [0.05, 0.1) is 27.3 Å². The summed E-state index contributed by atoms with van der Waals surface area (Å²) in [5.41, 5.74) is 10.5. The molecule has 0 aliphatic rings. The van der Waals surface area contributed by atoms with Gasteiger partial charge >= 0.3 is 0 Å². The lowest BCUT2D eigenvalue weighted by atomic mass is 10.0. The Bertz CT molecular complexity index is 1600.